The van der Waals surface area contributed by atoms with Gasteiger partial charge in [0.25, 0.3) is 0 Å². The normalized spacial score (nSPS) is 10.2. The number of rotatable bonds is 4. The van der Waals surface area contributed by atoms with Crippen molar-refractivity contribution in [2.75, 3.05) is 5.32 Å². The summed E-state index contributed by atoms with van der Waals surface area (Å²) in [6.07, 6.45) is 7.26. The number of carbonyl (C=O) groups excluding carboxylic acids is 1. The molecular formula is C11H11BrN4O. The van der Waals surface area contributed by atoms with Gasteiger partial charge in [-0.25, -0.2) is 9.97 Å². The van der Waals surface area contributed by atoms with Gasteiger partial charge in [0, 0.05) is 31.6 Å². The monoisotopic (exact) mass is 294 g/mol. The smallest absolute Gasteiger partial charge is 0.226 e. The summed E-state index contributed by atoms with van der Waals surface area (Å²) in [6.45, 7) is 0.615. The average molecular weight is 295 g/mol. The molecule has 0 saturated heterocycles. The van der Waals surface area contributed by atoms with Crippen molar-refractivity contribution in [1.29, 1.82) is 0 Å². The standard InChI is InChI=1S/C11H11BrN4O/c12-11-9(2-1-4-14-11)15-10(17)3-6-16-7-5-13-8-16/h1-2,4-5,7-8H,3,6H2,(H,15,17). The third-order valence-corrected chi connectivity index (χ3v) is 2.82. The molecule has 0 atom stereocenters. The lowest BCUT2D eigenvalue weighted by atomic mass is 10.3. The molecule has 2 aromatic rings. The summed E-state index contributed by atoms with van der Waals surface area (Å²) in [5.74, 6) is -0.0487. The number of anilines is 1. The van der Waals surface area contributed by atoms with Crippen molar-refractivity contribution < 1.29 is 4.79 Å². The average Bonchev–Trinajstić information content (AvgIpc) is 2.82. The number of aryl methyl sites for hydroxylation is 1. The summed E-state index contributed by atoms with van der Waals surface area (Å²) in [7, 11) is 0. The Morgan fingerprint density at radius 1 is 1.47 bits per heavy atom. The fourth-order valence-electron chi connectivity index (χ4n) is 1.34. The topological polar surface area (TPSA) is 59.8 Å². The van der Waals surface area contributed by atoms with E-state index in [9.17, 15) is 4.79 Å². The van der Waals surface area contributed by atoms with Gasteiger partial charge in [-0.15, -0.1) is 0 Å². The van der Waals surface area contributed by atoms with Crippen molar-refractivity contribution >= 4 is 27.5 Å². The van der Waals surface area contributed by atoms with Gasteiger partial charge in [0.05, 0.1) is 12.0 Å². The first-order chi connectivity index (χ1) is 8.25. The van der Waals surface area contributed by atoms with Gasteiger partial charge >= 0.3 is 0 Å². The lowest BCUT2D eigenvalue weighted by Crippen LogP contribution is -2.14. The minimum atomic E-state index is -0.0487. The van der Waals surface area contributed by atoms with Crippen LogP contribution in [0, 0.1) is 0 Å². The van der Waals surface area contributed by atoms with Gasteiger partial charge < -0.3 is 9.88 Å². The Bertz CT molecular complexity index is 498. The van der Waals surface area contributed by atoms with E-state index in [0.29, 0.717) is 23.3 Å². The van der Waals surface area contributed by atoms with Crippen molar-refractivity contribution in [2.24, 2.45) is 0 Å². The quantitative estimate of drug-likeness (QED) is 0.878. The third kappa shape index (κ3) is 3.39. The summed E-state index contributed by atoms with van der Waals surface area (Å²) in [6, 6.07) is 3.57. The van der Waals surface area contributed by atoms with Crippen molar-refractivity contribution in [3.05, 3.63) is 41.7 Å². The zero-order chi connectivity index (χ0) is 12.1. The molecule has 1 amide bonds. The molecule has 0 spiro atoms. The Kier molecular flexibility index (Phi) is 3.87. The van der Waals surface area contributed by atoms with Crippen LogP contribution in [-0.2, 0) is 11.3 Å². The summed E-state index contributed by atoms with van der Waals surface area (Å²) in [4.78, 5) is 19.6. The molecule has 0 aliphatic carbocycles. The lowest BCUT2D eigenvalue weighted by Gasteiger charge is -2.06. The Morgan fingerprint density at radius 2 is 2.35 bits per heavy atom. The molecule has 88 valence electrons. The Labute approximate surface area is 107 Å². The van der Waals surface area contributed by atoms with Crippen LogP contribution in [-0.4, -0.2) is 20.4 Å². The molecule has 1 N–H and O–H groups in total. The van der Waals surface area contributed by atoms with Gasteiger partial charge in [0.15, 0.2) is 0 Å². The molecular weight excluding hydrogens is 284 g/mol. The predicted molar refractivity (Wildman–Crippen MR) is 67.4 cm³/mol. The van der Waals surface area contributed by atoms with Crippen LogP contribution in [0.1, 0.15) is 6.42 Å². The summed E-state index contributed by atoms with van der Waals surface area (Å²) < 4.78 is 2.49. The largest absolute Gasteiger partial charge is 0.337 e. The van der Waals surface area contributed by atoms with Gasteiger partial charge in [-0.3, -0.25) is 4.79 Å². The number of amides is 1. The van der Waals surface area contributed by atoms with Crippen molar-refractivity contribution in [3.63, 3.8) is 0 Å². The number of aromatic nitrogens is 3. The lowest BCUT2D eigenvalue weighted by molar-refractivity contribution is -0.116. The van der Waals surface area contributed by atoms with E-state index in [1.165, 1.54) is 0 Å². The molecule has 0 fully saturated rings. The molecule has 6 heteroatoms. The molecule has 0 aliphatic heterocycles. The molecule has 5 nitrogen and oxygen atoms in total. The second-order valence-corrected chi connectivity index (χ2v) is 4.19. The van der Waals surface area contributed by atoms with Gasteiger partial charge in [-0.1, -0.05) is 0 Å². The molecule has 0 radical (unpaired) electrons. The van der Waals surface area contributed by atoms with Crippen molar-refractivity contribution in [2.45, 2.75) is 13.0 Å². The molecule has 0 aliphatic rings. The van der Waals surface area contributed by atoms with Crippen LogP contribution in [0.2, 0.25) is 0 Å². The number of nitrogens with zero attached hydrogens (tertiary/aromatic N) is 3. The van der Waals surface area contributed by atoms with Crippen LogP contribution in [0.5, 0.6) is 0 Å². The van der Waals surface area contributed by atoms with Crippen molar-refractivity contribution in [3.8, 4) is 0 Å². The van der Waals surface area contributed by atoms with E-state index < -0.39 is 0 Å². The number of hydrogen-bond acceptors (Lipinski definition) is 3. The number of hydrogen-bond donors (Lipinski definition) is 1. The Balaban J connectivity index is 1.87. The van der Waals surface area contributed by atoms with Crippen LogP contribution in [0.3, 0.4) is 0 Å². The molecule has 0 saturated carbocycles. The maximum Gasteiger partial charge on any atom is 0.226 e. The van der Waals surface area contributed by atoms with Gasteiger partial charge in [0.1, 0.15) is 4.60 Å². The van der Waals surface area contributed by atoms with Gasteiger partial charge in [-0.2, -0.15) is 0 Å². The highest BCUT2D eigenvalue weighted by atomic mass is 79.9. The number of carbonyl (C=O) groups is 1. The molecule has 0 unspecified atom stereocenters. The van der Waals surface area contributed by atoms with Crippen molar-refractivity contribution in [1.82, 2.24) is 14.5 Å². The minimum Gasteiger partial charge on any atom is -0.337 e. The molecule has 0 bridgehead atoms. The first-order valence-corrected chi connectivity index (χ1v) is 5.91. The van der Waals surface area contributed by atoms with Crippen LogP contribution < -0.4 is 5.32 Å². The first kappa shape index (κ1) is 11.8. The second-order valence-electron chi connectivity index (χ2n) is 3.44. The number of imidazole rings is 1. The van der Waals surface area contributed by atoms with Crippen LogP contribution in [0.4, 0.5) is 5.69 Å². The zero-order valence-corrected chi connectivity index (χ0v) is 10.6. The van der Waals surface area contributed by atoms with Gasteiger partial charge in [-0.05, 0) is 28.1 Å². The molecule has 0 aromatic carbocycles. The number of pyridine rings is 1. The minimum absolute atomic E-state index is 0.0487. The SMILES string of the molecule is O=C(CCn1ccnc1)Nc1cccnc1Br. The highest BCUT2D eigenvalue weighted by Crippen LogP contribution is 2.18. The van der Waals surface area contributed by atoms with E-state index in [2.05, 4.69) is 31.2 Å². The summed E-state index contributed by atoms with van der Waals surface area (Å²) in [5.41, 5.74) is 0.683. The summed E-state index contributed by atoms with van der Waals surface area (Å²) in [5, 5.41) is 2.79. The van der Waals surface area contributed by atoms with E-state index in [0.717, 1.165) is 0 Å². The Morgan fingerprint density at radius 3 is 3.06 bits per heavy atom. The molecule has 17 heavy (non-hydrogen) atoms. The first-order valence-electron chi connectivity index (χ1n) is 5.12. The number of halogens is 1. The summed E-state index contributed by atoms with van der Waals surface area (Å²) >= 11 is 3.27. The maximum atomic E-state index is 11.7. The van der Waals surface area contributed by atoms with Crippen LogP contribution >= 0.6 is 15.9 Å². The van der Waals surface area contributed by atoms with E-state index in [1.54, 1.807) is 30.9 Å². The fraction of sp³-hybridized carbons (Fsp3) is 0.182. The van der Waals surface area contributed by atoms with Gasteiger partial charge in [0.2, 0.25) is 5.91 Å². The Hall–Kier alpha value is -1.69. The predicted octanol–water partition coefficient (Wildman–Crippen LogP) is 2.07. The van der Waals surface area contributed by atoms with E-state index in [-0.39, 0.29) is 5.91 Å². The highest BCUT2D eigenvalue weighted by molar-refractivity contribution is 9.10. The highest BCUT2D eigenvalue weighted by Gasteiger charge is 2.05. The number of nitrogens with one attached hydrogen (secondary N) is 1. The molecule has 2 rings (SSSR count). The zero-order valence-electron chi connectivity index (χ0n) is 9.01. The second kappa shape index (κ2) is 5.58. The molecule has 2 aromatic heterocycles. The third-order valence-electron chi connectivity index (χ3n) is 2.19. The fourth-order valence-corrected chi connectivity index (χ4v) is 1.69. The van der Waals surface area contributed by atoms with E-state index in [1.807, 2.05) is 10.8 Å². The van der Waals surface area contributed by atoms with Crippen LogP contribution in [0.15, 0.2) is 41.7 Å². The van der Waals surface area contributed by atoms with E-state index in [4.69, 9.17) is 0 Å². The molecule has 2 heterocycles. The van der Waals surface area contributed by atoms with E-state index >= 15 is 0 Å². The maximum absolute atomic E-state index is 11.7. The van der Waals surface area contributed by atoms with Crippen LogP contribution in [0.25, 0.3) is 0 Å².